The summed E-state index contributed by atoms with van der Waals surface area (Å²) >= 11 is 0. The number of rotatable bonds is 4. The molecule has 18 heavy (non-hydrogen) atoms. The first-order chi connectivity index (χ1) is 8.58. The minimum Gasteiger partial charge on any atom is -0.494 e. The van der Waals surface area contributed by atoms with Gasteiger partial charge in [-0.15, -0.1) is 0 Å². The Morgan fingerprint density at radius 1 is 0.944 bits per heavy atom. The predicted octanol–water partition coefficient (Wildman–Crippen LogP) is 1.91. The topological polar surface area (TPSA) is 57.2 Å². The van der Waals surface area contributed by atoms with Crippen molar-refractivity contribution in [3.63, 3.8) is 0 Å². The van der Waals surface area contributed by atoms with Crippen LogP contribution in [0.4, 0.5) is 10.5 Å². The molecule has 0 saturated carbocycles. The fourth-order valence-corrected chi connectivity index (χ4v) is 1.51. The second-order valence-electron chi connectivity index (χ2n) is 3.41. The lowest BCUT2D eigenvalue weighted by Crippen LogP contribution is -2.26. The molecule has 0 aromatic heterocycles. The van der Waals surface area contributed by atoms with Gasteiger partial charge in [0.25, 0.3) is 0 Å². The summed E-state index contributed by atoms with van der Waals surface area (Å²) in [6.07, 6.45) is -0.500. The third kappa shape index (κ3) is 2.58. The van der Waals surface area contributed by atoms with Crippen LogP contribution in [0.2, 0.25) is 0 Å². The lowest BCUT2D eigenvalue weighted by atomic mass is 10.2. The molecule has 100 valence electrons. The first kappa shape index (κ1) is 14.0. The van der Waals surface area contributed by atoms with Crippen molar-refractivity contribution < 1.29 is 23.7 Å². The number of carbonyl (C=O) groups is 1. The summed E-state index contributed by atoms with van der Waals surface area (Å²) in [5, 5.41) is 0. The Balaban J connectivity index is 3.29. The number of anilines is 1. The lowest BCUT2D eigenvalue weighted by molar-refractivity contribution is 0.180. The molecular formula is C12H17NO5. The van der Waals surface area contributed by atoms with Crippen LogP contribution in [0.25, 0.3) is 0 Å². The Labute approximate surface area is 106 Å². The molecule has 1 rings (SSSR count). The third-order valence-corrected chi connectivity index (χ3v) is 2.49. The van der Waals surface area contributed by atoms with Crippen molar-refractivity contribution in [2.45, 2.75) is 0 Å². The van der Waals surface area contributed by atoms with Crippen LogP contribution in [0, 0.1) is 0 Å². The van der Waals surface area contributed by atoms with Gasteiger partial charge in [-0.2, -0.15) is 0 Å². The summed E-state index contributed by atoms with van der Waals surface area (Å²) in [5.74, 6) is 1.51. The summed E-state index contributed by atoms with van der Waals surface area (Å²) in [6.45, 7) is 0. The van der Waals surface area contributed by atoms with E-state index in [9.17, 15) is 4.79 Å². The number of methoxy groups -OCH3 is 4. The summed E-state index contributed by atoms with van der Waals surface area (Å²) in [5.41, 5.74) is 0.530. The van der Waals surface area contributed by atoms with E-state index in [0.29, 0.717) is 22.9 Å². The van der Waals surface area contributed by atoms with Crippen LogP contribution in [0.15, 0.2) is 12.1 Å². The van der Waals surface area contributed by atoms with Crippen molar-refractivity contribution >= 4 is 11.8 Å². The van der Waals surface area contributed by atoms with E-state index < -0.39 is 6.09 Å². The number of benzene rings is 1. The monoisotopic (exact) mass is 255 g/mol. The van der Waals surface area contributed by atoms with Gasteiger partial charge in [-0.3, -0.25) is 4.90 Å². The van der Waals surface area contributed by atoms with E-state index in [0.717, 1.165) is 0 Å². The van der Waals surface area contributed by atoms with E-state index in [1.165, 1.54) is 33.3 Å². The Bertz CT molecular complexity index is 433. The smallest absolute Gasteiger partial charge is 0.413 e. The third-order valence-electron chi connectivity index (χ3n) is 2.49. The van der Waals surface area contributed by atoms with Crippen LogP contribution in [0.3, 0.4) is 0 Å². The van der Waals surface area contributed by atoms with Crippen LogP contribution in [-0.2, 0) is 4.74 Å². The number of hydrogen-bond donors (Lipinski definition) is 0. The summed E-state index contributed by atoms with van der Waals surface area (Å²) in [6, 6.07) is 3.29. The van der Waals surface area contributed by atoms with Crippen molar-refractivity contribution in [2.24, 2.45) is 0 Å². The lowest BCUT2D eigenvalue weighted by Gasteiger charge is -2.20. The fourth-order valence-electron chi connectivity index (χ4n) is 1.51. The first-order valence-electron chi connectivity index (χ1n) is 5.20. The van der Waals surface area contributed by atoms with Crippen molar-refractivity contribution in [1.29, 1.82) is 0 Å². The second kappa shape index (κ2) is 6.00. The zero-order chi connectivity index (χ0) is 13.7. The Hall–Kier alpha value is -2.11. The largest absolute Gasteiger partial charge is 0.494 e. The highest BCUT2D eigenvalue weighted by atomic mass is 16.5. The molecular weight excluding hydrogens is 238 g/mol. The maximum Gasteiger partial charge on any atom is 0.413 e. The summed E-state index contributed by atoms with van der Waals surface area (Å²) < 4.78 is 20.2. The van der Waals surface area contributed by atoms with E-state index in [-0.39, 0.29) is 0 Å². The molecule has 1 aromatic carbocycles. The van der Waals surface area contributed by atoms with Gasteiger partial charge in [0.05, 0.1) is 34.1 Å². The summed E-state index contributed by atoms with van der Waals surface area (Å²) in [7, 11) is 7.45. The maximum atomic E-state index is 11.5. The normalized spacial score (nSPS) is 9.61. The van der Waals surface area contributed by atoms with E-state index in [1.807, 2.05) is 0 Å². The highest BCUT2D eigenvalue weighted by molar-refractivity contribution is 5.89. The van der Waals surface area contributed by atoms with Crippen molar-refractivity contribution in [3.05, 3.63) is 12.1 Å². The van der Waals surface area contributed by atoms with Crippen molar-refractivity contribution in [2.75, 3.05) is 40.4 Å². The number of ether oxygens (including phenoxy) is 4. The maximum absolute atomic E-state index is 11.5. The Kier molecular flexibility index (Phi) is 4.65. The van der Waals surface area contributed by atoms with Gasteiger partial charge in [-0.1, -0.05) is 0 Å². The van der Waals surface area contributed by atoms with Crippen LogP contribution in [0.1, 0.15) is 0 Å². The van der Waals surface area contributed by atoms with E-state index >= 15 is 0 Å². The molecule has 0 aliphatic carbocycles. The molecule has 1 amide bonds. The quantitative estimate of drug-likeness (QED) is 0.822. The zero-order valence-electron chi connectivity index (χ0n) is 11.1. The Morgan fingerprint density at radius 2 is 1.44 bits per heavy atom. The molecule has 0 saturated heterocycles. The average Bonchev–Trinajstić information content (AvgIpc) is 2.43. The van der Waals surface area contributed by atoms with Gasteiger partial charge in [0.2, 0.25) is 0 Å². The molecule has 0 radical (unpaired) electrons. The molecule has 0 N–H and O–H groups in total. The van der Waals surface area contributed by atoms with Gasteiger partial charge in [0, 0.05) is 19.2 Å². The van der Waals surface area contributed by atoms with Gasteiger partial charge in [-0.05, 0) is 0 Å². The number of nitrogens with zero attached hydrogens (tertiary/aromatic N) is 1. The predicted molar refractivity (Wildman–Crippen MR) is 66.9 cm³/mol. The minimum absolute atomic E-state index is 0.487. The highest BCUT2D eigenvalue weighted by Gasteiger charge is 2.19. The second-order valence-corrected chi connectivity index (χ2v) is 3.41. The molecule has 0 aliphatic rings. The standard InChI is InChI=1S/C12H17NO5/c1-13(12(14)18-5)8-6-10(16-3)11(17-4)7-9(8)15-2/h6-7H,1-5H3. The molecule has 6 nitrogen and oxygen atoms in total. The molecule has 6 heteroatoms. The van der Waals surface area contributed by atoms with E-state index in [1.54, 1.807) is 19.2 Å². The van der Waals surface area contributed by atoms with Crippen LogP contribution < -0.4 is 19.1 Å². The van der Waals surface area contributed by atoms with Crippen molar-refractivity contribution in [3.8, 4) is 17.2 Å². The van der Waals surface area contributed by atoms with Gasteiger partial charge in [0.15, 0.2) is 11.5 Å². The number of amides is 1. The van der Waals surface area contributed by atoms with Gasteiger partial charge in [-0.25, -0.2) is 4.79 Å². The molecule has 1 aromatic rings. The molecule has 0 atom stereocenters. The number of carbonyl (C=O) groups excluding carboxylic acids is 1. The molecule has 0 bridgehead atoms. The van der Waals surface area contributed by atoms with Crippen LogP contribution >= 0.6 is 0 Å². The average molecular weight is 255 g/mol. The minimum atomic E-state index is -0.500. The molecule has 0 spiro atoms. The molecule has 0 aliphatic heterocycles. The Morgan fingerprint density at radius 3 is 1.89 bits per heavy atom. The fraction of sp³-hybridized carbons (Fsp3) is 0.417. The molecule has 0 heterocycles. The first-order valence-corrected chi connectivity index (χ1v) is 5.20. The molecule has 0 unspecified atom stereocenters. The zero-order valence-corrected chi connectivity index (χ0v) is 11.1. The van der Waals surface area contributed by atoms with E-state index in [4.69, 9.17) is 14.2 Å². The van der Waals surface area contributed by atoms with Crippen LogP contribution in [-0.4, -0.2) is 41.6 Å². The highest BCUT2D eigenvalue weighted by Crippen LogP contribution is 2.39. The van der Waals surface area contributed by atoms with Gasteiger partial charge < -0.3 is 18.9 Å². The summed E-state index contributed by atoms with van der Waals surface area (Å²) in [4.78, 5) is 12.8. The van der Waals surface area contributed by atoms with Gasteiger partial charge in [0.1, 0.15) is 5.75 Å². The van der Waals surface area contributed by atoms with Gasteiger partial charge >= 0.3 is 6.09 Å². The van der Waals surface area contributed by atoms with Crippen molar-refractivity contribution in [1.82, 2.24) is 0 Å². The molecule has 0 fully saturated rings. The SMILES string of the molecule is COC(=O)N(C)c1cc(OC)c(OC)cc1OC. The van der Waals surface area contributed by atoms with Crippen LogP contribution in [0.5, 0.6) is 17.2 Å². The number of hydrogen-bond acceptors (Lipinski definition) is 5. The van der Waals surface area contributed by atoms with E-state index in [2.05, 4.69) is 4.74 Å².